The quantitative estimate of drug-likeness (QED) is 0.828. The van der Waals surface area contributed by atoms with Crippen LogP contribution in [0.5, 0.6) is 0 Å². The van der Waals surface area contributed by atoms with Gasteiger partial charge < -0.3 is 5.73 Å². The van der Waals surface area contributed by atoms with Gasteiger partial charge in [-0.25, -0.2) is 0 Å². The van der Waals surface area contributed by atoms with Crippen LogP contribution in [-0.2, 0) is 13.5 Å². The van der Waals surface area contributed by atoms with Crippen molar-refractivity contribution in [1.82, 2.24) is 9.78 Å². The van der Waals surface area contributed by atoms with E-state index in [2.05, 4.69) is 5.10 Å². The molecule has 78 valence electrons. The van der Waals surface area contributed by atoms with E-state index in [1.54, 1.807) is 6.20 Å². The molecule has 1 aliphatic carbocycles. The molecule has 1 aliphatic rings. The lowest BCUT2D eigenvalue weighted by atomic mass is 10.1. The monoisotopic (exact) mass is 213 g/mol. The second-order valence-electron chi connectivity index (χ2n) is 4.10. The van der Waals surface area contributed by atoms with E-state index in [-0.39, 0.29) is 0 Å². The van der Waals surface area contributed by atoms with E-state index in [0.29, 0.717) is 6.04 Å². The van der Waals surface area contributed by atoms with E-state index < -0.39 is 0 Å². The van der Waals surface area contributed by atoms with Gasteiger partial charge in [0.25, 0.3) is 0 Å². The average Bonchev–Trinajstić information content (AvgIpc) is 2.93. The summed E-state index contributed by atoms with van der Waals surface area (Å²) in [5, 5.41) is 4.86. The smallest absolute Gasteiger partial charge is 0.0817 e. The van der Waals surface area contributed by atoms with Gasteiger partial charge in [-0.05, 0) is 31.6 Å². The normalized spacial score (nSPS) is 18.5. The number of rotatable bonds is 4. The number of nitrogens with two attached hydrogens (primary N) is 1. The molecule has 1 saturated carbocycles. The van der Waals surface area contributed by atoms with Gasteiger partial charge in [0.05, 0.1) is 16.9 Å². The van der Waals surface area contributed by atoms with Crippen molar-refractivity contribution in [3.8, 4) is 0 Å². The first-order chi connectivity index (χ1) is 6.68. The molecule has 1 unspecified atom stereocenters. The minimum Gasteiger partial charge on any atom is -0.327 e. The van der Waals surface area contributed by atoms with Crippen molar-refractivity contribution in [2.24, 2.45) is 18.7 Å². The SMILES string of the molecule is Cn1ncc(Cl)c1CCC(N)C1CC1. The summed E-state index contributed by atoms with van der Waals surface area (Å²) < 4.78 is 1.84. The first-order valence-electron chi connectivity index (χ1n) is 5.10. The van der Waals surface area contributed by atoms with Gasteiger partial charge >= 0.3 is 0 Å². The molecular formula is C10H16ClN3. The molecule has 0 spiro atoms. The highest BCUT2D eigenvalue weighted by molar-refractivity contribution is 6.31. The summed E-state index contributed by atoms with van der Waals surface area (Å²) in [6.07, 6.45) is 6.26. The Bertz CT molecular complexity index is 298. The largest absolute Gasteiger partial charge is 0.327 e. The van der Waals surface area contributed by atoms with Crippen molar-refractivity contribution >= 4 is 11.6 Å². The van der Waals surface area contributed by atoms with Crippen molar-refractivity contribution in [3.05, 3.63) is 16.9 Å². The summed E-state index contributed by atoms with van der Waals surface area (Å²) in [7, 11) is 1.92. The van der Waals surface area contributed by atoms with E-state index in [4.69, 9.17) is 17.3 Å². The minimum atomic E-state index is 0.348. The van der Waals surface area contributed by atoms with Crippen molar-refractivity contribution in [3.63, 3.8) is 0 Å². The summed E-state index contributed by atoms with van der Waals surface area (Å²) in [5.74, 6) is 0.766. The van der Waals surface area contributed by atoms with Crippen LogP contribution in [0, 0.1) is 5.92 Å². The molecule has 2 N–H and O–H groups in total. The van der Waals surface area contributed by atoms with Crippen molar-refractivity contribution < 1.29 is 0 Å². The van der Waals surface area contributed by atoms with Crippen LogP contribution < -0.4 is 5.73 Å². The Hall–Kier alpha value is -0.540. The predicted molar refractivity (Wildman–Crippen MR) is 57.2 cm³/mol. The number of aromatic nitrogens is 2. The maximum atomic E-state index is 6.02. The van der Waals surface area contributed by atoms with Gasteiger partial charge in [0.2, 0.25) is 0 Å². The second kappa shape index (κ2) is 3.91. The molecule has 0 amide bonds. The Balaban J connectivity index is 1.90. The molecule has 2 rings (SSSR count). The van der Waals surface area contributed by atoms with E-state index in [1.165, 1.54) is 12.8 Å². The molecule has 3 nitrogen and oxygen atoms in total. The predicted octanol–water partition coefficient (Wildman–Crippen LogP) is 1.74. The minimum absolute atomic E-state index is 0.348. The standard InChI is InChI=1S/C10H16ClN3/c1-14-10(8(11)6-13-14)5-4-9(12)7-2-3-7/h6-7,9H,2-5,12H2,1H3. The third-order valence-electron chi connectivity index (χ3n) is 2.95. The van der Waals surface area contributed by atoms with Crippen LogP contribution in [0.1, 0.15) is 25.0 Å². The molecule has 1 aromatic heterocycles. The highest BCUT2D eigenvalue weighted by Gasteiger charge is 2.28. The summed E-state index contributed by atoms with van der Waals surface area (Å²) in [6, 6.07) is 0.348. The molecule has 0 aromatic carbocycles. The van der Waals surface area contributed by atoms with Crippen LogP contribution in [0.2, 0.25) is 5.02 Å². The van der Waals surface area contributed by atoms with Gasteiger partial charge in [0, 0.05) is 13.1 Å². The summed E-state index contributed by atoms with van der Waals surface area (Å²) >= 11 is 6.00. The first-order valence-corrected chi connectivity index (χ1v) is 5.48. The topological polar surface area (TPSA) is 43.8 Å². The second-order valence-corrected chi connectivity index (χ2v) is 4.51. The van der Waals surface area contributed by atoms with Gasteiger partial charge in [-0.2, -0.15) is 5.10 Å². The number of hydrogen-bond acceptors (Lipinski definition) is 2. The molecule has 1 heterocycles. The van der Waals surface area contributed by atoms with Gasteiger partial charge in [-0.1, -0.05) is 11.6 Å². The van der Waals surface area contributed by atoms with E-state index in [9.17, 15) is 0 Å². The van der Waals surface area contributed by atoms with Crippen LogP contribution in [-0.4, -0.2) is 15.8 Å². The fourth-order valence-corrected chi connectivity index (χ4v) is 2.04. The number of hydrogen-bond donors (Lipinski definition) is 1. The number of aryl methyl sites for hydroxylation is 1. The zero-order valence-corrected chi connectivity index (χ0v) is 9.17. The van der Waals surface area contributed by atoms with Gasteiger partial charge in [0.1, 0.15) is 0 Å². The third kappa shape index (κ3) is 2.10. The molecular weight excluding hydrogens is 198 g/mol. The summed E-state index contributed by atoms with van der Waals surface area (Å²) in [6.45, 7) is 0. The molecule has 14 heavy (non-hydrogen) atoms. The average molecular weight is 214 g/mol. The Morgan fingerprint density at radius 1 is 1.71 bits per heavy atom. The lowest BCUT2D eigenvalue weighted by Crippen LogP contribution is -2.23. The van der Waals surface area contributed by atoms with Crippen LogP contribution in [0.4, 0.5) is 0 Å². The van der Waals surface area contributed by atoms with Crippen molar-refractivity contribution in [2.45, 2.75) is 31.7 Å². The molecule has 1 aromatic rings. The Morgan fingerprint density at radius 3 is 2.93 bits per heavy atom. The fraction of sp³-hybridized carbons (Fsp3) is 0.700. The Kier molecular flexibility index (Phi) is 2.79. The van der Waals surface area contributed by atoms with Crippen molar-refractivity contribution in [1.29, 1.82) is 0 Å². The molecule has 0 saturated heterocycles. The lowest BCUT2D eigenvalue weighted by Gasteiger charge is -2.09. The van der Waals surface area contributed by atoms with Gasteiger partial charge in [-0.15, -0.1) is 0 Å². The molecule has 1 fully saturated rings. The van der Waals surface area contributed by atoms with Gasteiger partial charge in [-0.3, -0.25) is 4.68 Å². The maximum absolute atomic E-state index is 6.02. The lowest BCUT2D eigenvalue weighted by molar-refractivity contribution is 0.537. The highest BCUT2D eigenvalue weighted by atomic mass is 35.5. The first kappa shape index (κ1) is 9.99. The maximum Gasteiger partial charge on any atom is 0.0817 e. The van der Waals surface area contributed by atoms with Crippen molar-refractivity contribution in [2.75, 3.05) is 0 Å². The van der Waals surface area contributed by atoms with E-state index in [0.717, 1.165) is 29.5 Å². The van der Waals surface area contributed by atoms with E-state index >= 15 is 0 Å². The van der Waals surface area contributed by atoms with Crippen LogP contribution in [0.25, 0.3) is 0 Å². The third-order valence-corrected chi connectivity index (χ3v) is 3.27. The number of nitrogens with zero attached hydrogens (tertiary/aromatic N) is 2. The van der Waals surface area contributed by atoms with Crippen LogP contribution >= 0.6 is 11.6 Å². The molecule has 4 heteroatoms. The molecule has 0 bridgehead atoms. The fourth-order valence-electron chi connectivity index (χ4n) is 1.78. The van der Waals surface area contributed by atoms with E-state index in [1.807, 2.05) is 11.7 Å². The highest BCUT2D eigenvalue weighted by Crippen LogP contribution is 2.33. The van der Waals surface area contributed by atoms with Gasteiger partial charge in [0.15, 0.2) is 0 Å². The van der Waals surface area contributed by atoms with Crippen LogP contribution in [0.15, 0.2) is 6.20 Å². The zero-order valence-electron chi connectivity index (χ0n) is 8.41. The molecule has 0 radical (unpaired) electrons. The summed E-state index contributed by atoms with van der Waals surface area (Å²) in [4.78, 5) is 0. The van der Waals surface area contributed by atoms with Crippen LogP contribution in [0.3, 0.4) is 0 Å². The Morgan fingerprint density at radius 2 is 2.43 bits per heavy atom. The molecule has 1 atom stereocenters. The number of halogens is 1. The Labute approximate surface area is 89.2 Å². The summed E-state index contributed by atoms with van der Waals surface area (Å²) in [5.41, 5.74) is 7.12. The molecule has 0 aliphatic heterocycles. The zero-order chi connectivity index (χ0) is 10.1.